The number of hydrogen-bond donors (Lipinski definition) is 1. The summed E-state index contributed by atoms with van der Waals surface area (Å²) in [5.74, 6) is 0.807. The Bertz CT molecular complexity index is 381. The number of aromatic nitrogens is 2. The second kappa shape index (κ2) is 3.79. The molecular formula is C9H11N3OS. The number of hydrogen-bond acceptors (Lipinski definition) is 5. The first-order chi connectivity index (χ1) is 6.74. The Balaban J connectivity index is 1.94. The van der Waals surface area contributed by atoms with Gasteiger partial charge in [0.05, 0.1) is 23.4 Å². The highest BCUT2D eigenvalue weighted by molar-refractivity contribution is 7.09. The molecule has 74 valence electrons. The summed E-state index contributed by atoms with van der Waals surface area (Å²) < 4.78 is 5.27. The van der Waals surface area contributed by atoms with Crippen molar-refractivity contribution < 1.29 is 4.42 Å². The highest BCUT2D eigenvalue weighted by Crippen LogP contribution is 2.11. The van der Waals surface area contributed by atoms with Crippen molar-refractivity contribution in [2.24, 2.45) is 0 Å². The predicted octanol–water partition coefficient (Wildman–Crippen LogP) is 2.36. The summed E-state index contributed by atoms with van der Waals surface area (Å²) in [7, 11) is 0. The molecule has 2 aromatic rings. The van der Waals surface area contributed by atoms with Gasteiger partial charge in [-0.3, -0.25) is 0 Å². The van der Waals surface area contributed by atoms with Gasteiger partial charge in [0.15, 0.2) is 0 Å². The van der Waals surface area contributed by atoms with Gasteiger partial charge in [-0.05, 0) is 13.8 Å². The lowest BCUT2D eigenvalue weighted by Crippen LogP contribution is -1.99. The smallest absolute Gasteiger partial charge is 0.295 e. The van der Waals surface area contributed by atoms with E-state index in [1.165, 1.54) is 0 Å². The summed E-state index contributed by atoms with van der Waals surface area (Å²) in [6, 6.07) is 0.549. The van der Waals surface area contributed by atoms with E-state index in [1.54, 1.807) is 17.5 Å². The van der Waals surface area contributed by atoms with E-state index in [9.17, 15) is 0 Å². The first kappa shape index (κ1) is 9.21. The lowest BCUT2D eigenvalue weighted by molar-refractivity contribution is 0.539. The number of rotatable bonds is 3. The van der Waals surface area contributed by atoms with E-state index >= 15 is 0 Å². The molecular weight excluding hydrogens is 198 g/mol. The largest absolute Gasteiger partial charge is 0.429 e. The van der Waals surface area contributed by atoms with Crippen molar-refractivity contribution in [3.63, 3.8) is 0 Å². The average molecular weight is 209 g/mol. The summed E-state index contributed by atoms with van der Waals surface area (Å²) in [6.07, 6.45) is 1.69. The van der Waals surface area contributed by atoms with Crippen molar-refractivity contribution in [3.05, 3.63) is 28.0 Å². The van der Waals surface area contributed by atoms with Crippen LogP contribution in [0.5, 0.6) is 0 Å². The SMILES string of the molecule is Cc1cnc(NCc2csc(C)n2)o1. The van der Waals surface area contributed by atoms with Crippen LogP contribution in [-0.4, -0.2) is 9.97 Å². The lowest BCUT2D eigenvalue weighted by Gasteiger charge is -1.96. The monoisotopic (exact) mass is 209 g/mol. The van der Waals surface area contributed by atoms with E-state index in [4.69, 9.17) is 4.42 Å². The number of anilines is 1. The Morgan fingerprint density at radius 1 is 1.50 bits per heavy atom. The molecule has 0 saturated heterocycles. The standard InChI is InChI=1S/C9H11N3OS/c1-6-3-10-9(13-6)11-4-8-5-14-7(2)12-8/h3,5H,4H2,1-2H3,(H,10,11). The van der Waals surface area contributed by atoms with Gasteiger partial charge in [-0.25, -0.2) is 9.97 Å². The lowest BCUT2D eigenvalue weighted by atomic mass is 10.5. The van der Waals surface area contributed by atoms with Crippen LogP contribution in [0.3, 0.4) is 0 Å². The Morgan fingerprint density at radius 3 is 2.93 bits per heavy atom. The van der Waals surface area contributed by atoms with Crippen LogP contribution in [-0.2, 0) is 6.54 Å². The van der Waals surface area contributed by atoms with Crippen LogP contribution in [0.25, 0.3) is 0 Å². The fraction of sp³-hybridized carbons (Fsp3) is 0.333. The molecule has 0 radical (unpaired) electrons. The van der Waals surface area contributed by atoms with Crippen molar-refractivity contribution in [3.8, 4) is 0 Å². The highest BCUT2D eigenvalue weighted by atomic mass is 32.1. The van der Waals surface area contributed by atoms with Crippen LogP contribution < -0.4 is 5.32 Å². The number of nitrogens with one attached hydrogen (secondary N) is 1. The van der Waals surface area contributed by atoms with Gasteiger partial charge in [0, 0.05) is 5.38 Å². The second-order valence-corrected chi connectivity index (χ2v) is 4.05. The number of nitrogens with zero attached hydrogens (tertiary/aromatic N) is 2. The fourth-order valence-corrected chi connectivity index (χ4v) is 1.70. The molecule has 0 bridgehead atoms. The van der Waals surface area contributed by atoms with E-state index in [1.807, 2.05) is 19.2 Å². The molecule has 0 saturated carbocycles. The maximum Gasteiger partial charge on any atom is 0.295 e. The van der Waals surface area contributed by atoms with E-state index in [0.29, 0.717) is 12.6 Å². The van der Waals surface area contributed by atoms with Gasteiger partial charge < -0.3 is 9.73 Å². The molecule has 0 unspecified atom stereocenters. The minimum Gasteiger partial charge on any atom is -0.429 e. The molecule has 2 heterocycles. The van der Waals surface area contributed by atoms with Gasteiger partial charge in [-0.1, -0.05) is 0 Å². The molecule has 0 aliphatic rings. The number of aryl methyl sites for hydroxylation is 2. The third kappa shape index (κ3) is 2.11. The van der Waals surface area contributed by atoms with Gasteiger partial charge in [0.2, 0.25) is 0 Å². The molecule has 5 heteroatoms. The molecule has 2 aromatic heterocycles. The van der Waals surface area contributed by atoms with Gasteiger partial charge >= 0.3 is 0 Å². The average Bonchev–Trinajstić information content (AvgIpc) is 2.72. The molecule has 0 aromatic carbocycles. The zero-order chi connectivity index (χ0) is 9.97. The van der Waals surface area contributed by atoms with Crippen molar-refractivity contribution in [2.45, 2.75) is 20.4 Å². The third-order valence-corrected chi connectivity index (χ3v) is 2.53. The molecule has 14 heavy (non-hydrogen) atoms. The predicted molar refractivity (Wildman–Crippen MR) is 55.4 cm³/mol. The van der Waals surface area contributed by atoms with E-state index in [2.05, 4.69) is 15.3 Å². The van der Waals surface area contributed by atoms with Crippen LogP contribution in [0.15, 0.2) is 16.0 Å². The van der Waals surface area contributed by atoms with Crippen LogP contribution in [0.1, 0.15) is 16.5 Å². The first-order valence-corrected chi connectivity index (χ1v) is 5.19. The Kier molecular flexibility index (Phi) is 2.49. The van der Waals surface area contributed by atoms with Crippen molar-refractivity contribution in [2.75, 3.05) is 5.32 Å². The zero-order valence-electron chi connectivity index (χ0n) is 8.07. The summed E-state index contributed by atoms with van der Waals surface area (Å²) in [5, 5.41) is 6.16. The Morgan fingerprint density at radius 2 is 2.36 bits per heavy atom. The quantitative estimate of drug-likeness (QED) is 0.843. The molecule has 0 atom stereocenters. The van der Waals surface area contributed by atoms with E-state index in [0.717, 1.165) is 16.5 Å². The maximum absolute atomic E-state index is 5.27. The van der Waals surface area contributed by atoms with Crippen LogP contribution >= 0.6 is 11.3 Å². The van der Waals surface area contributed by atoms with Crippen LogP contribution in [0.4, 0.5) is 6.01 Å². The van der Waals surface area contributed by atoms with Gasteiger partial charge in [0.1, 0.15) is 5.76 Å². The highest BCUT2D eigenvalue weighted by Gasteiger charge is 2.01. The molecule has 4 nitrogen and oxygen atoms in total. The van der Waals surface area contributed by atoms with Crippen molar-refractivity contribution in [1.82, 2.24) is 9.97 Å². The first-order valence-electron chi connectivity index (χ1n) is 4.31. The minimum atomic E-state index is 0.549. The van der Waals surface area contributed by atoms with Crippen LogP contribution in [0.2, 0.25) is 0 Å². The minimum absolute atomic E-state index is 0.549. The zero-order valence-corrected chi connectivity index (χ0v) is 8.89. The van der Waals surface area contributed by atoms with Gasteiger partial charge in [0.25, 0.3) is 6.01 Å². The van der Waals surface area contributed by atoms with Gasteiger partial charge in [-0.15, -0.1) is 11.3 Å². The number of thiazole rings is 1. The van der Waals surface area contributed by atoms with Crippen molar-refractivity contribution >= 4 is 17.4 Å². The number of oxazole rings is 1. The maximum atomic E-state index is 5.27. The fourth-order valence-electron chi connectivity index (χ4n) is 1.09. The summed E-state index contributed by atoms with van der Waals surface area (Å²) in [5.41, 5.74) is 1.02. The van der Waals surface area contributed by atoms with Gasteiger partial charge in [-0.2, -0.15) is 0 Å². The molecule has 0 spiro atoms. The third-order valence-electron chi connectivity index (χ3n) is 1.71. The molecule has 0 amide bonds. The molecule has 0 aliphatic carbocycles. The van der Waals surface area contributed by atoms with Crippen LogP contribution in [0, 0.1) is 13.8 Å². The normalized spacial score (nSPS) is 10.4. The molecule has 1 N–H and O–H groups in total. The molecule has 0 aliphatic heterocycles. The molecule has 0 fully saturated rings. The van der Waals surface area contributed by atoms with E-state index in [-0.39, 0.29) is 0 Å². The second-order valence-electron chi connectivity index (χ2n) is 2.99. The topological polar surface area (TPSA) is 51.0 Å². The Labute approximate surface area is 86.0 Å². The van der Waals surface area contributed by atoms with Crippen molar-refractivity contribution in [1.29, 1.82) is 0 Å². The molecule has 2 rings (SSSR count). The summed E-state index contributed by atoms with van der Waals surface area (Å²) >= 11 is 1.64. The Hall–Kier alpha value is -1.36. The summed E-state index contributed by atoms with van der Waals surface area (Å²) in [4.78, 5) is 8.35. The van der Waals surface area contributed by atoms with E-state index < -0.39 is 0 Å². The summed E-state index contributed by atoms with van der Waals surface area (Å²) in [6.45, 7) is 4.51.